The number of aromatic hydroxyl groups is 1. The largest absolute Gasteiger partial charge is 0.508 e. The van der Waals surface area contributed by atoms with Gasteiger partial charge in [0.15, 0.2) is 0 Å². The summed E-state index contributed by atoms with van der Waals surface area (Å²) in [5, 5.41) is 32.0. The molecular weight excluding hydrogens is 514 g/mol. The summed E-state index contributed by atoms with van der Waals surface area (Å²) >= 11 is 0. The number of carbonyl (C=O) groups excluding carboxylic acids is 2. The molecule has 6 nitrogen and oxygen atoms in total. The Bertz CT molecular complexity index is 1440. The zero-order chi connectivity index (χ0) is 29.1. The highest BCUT2D eigenvalue weighted by Crippen LogP contribution is 2.49. The Morgan fingerprint density at radius 3 is 2.17 bits per heavy atom. The zero-order valence-corrected chi connectivity index (χ0v) is 23.5. The maximum Gasteiger partial charge on any atom is 0.238 e. The van der Waals surface area contributed by atoms with Gasteiger partial charge in [-0.25, -0.2) is 0 Å². The molecule has 0 bridgehead atoms. The average Bonchev–Trinajstić information content (AvgIpc) is 3.24. The van der Waals surface area contributed by atoms with Crippen LogP contribution in [0.3, 0.4) is 0 Å². The summed E-state index contributed by atoms with van der Waals surface area (Å²) in [4.78, 5) is 28.5. The van der Waals surface area contributed by atoms with Crippen LogP contribution in [0.2, 0.25) is 0 Å². The zero-order valence-electron chi connectivity index (χ0n) is 23.5. The molecule has 0 unspecified atom stereocenters. The van der Waals surface area contributed by atoms with Crippen LogP contribution in [0.15, 0.2) is 96.1 Å². The monoisotopic (exact) mass is 551 g/mol. The van der Waals surface area contributed by atoms with Crippen LogP contribution in [0.1, 0.15) is 44.2 Å². The molecule has 6 heteroatoms. The summed E-state index contributed by atoms with van der Waals surface area (Å²) in [7, 11) is 0. The van der Waals surface area contributed by atoms with E-state index >= 15 is 0 Å². The number of hydrogen-bond acceptors (Lipinski definition) is 5. The van der Waals surface area contributed by atoms with E-state index in [2.05, 4.69) is 6.08 Å². The van der Waals surface area contributed by atoms with Crippen molar-refractivity contribution in [1.82, 2.24) is 0 Å². The van der Waals surface area contributed by atoms with Crippen molar-refractivity contribution >= 4 is 29.2 Å². The van der Waals surface area contributed by atoms with Gasteiger partial charge in [-0.05, 0) is 71.7 Å². The third kappa shape index (κ3) is 5.76. The van der Waals surface area contributed by atoms with E-state index in [0.29, 0.717) is 30.5 Å². The molecule has 0 spiro atoms. The molecule has 2 amide bonds. The molecule has 3 aromatic rings. The molecule has 0 saturated carbocycles. The molecule has 1 heterocycles. The Morgan fingerprint density at radius 2 is 1.56 bits per heavy atom. The number of nitrogens with zero attached hydrogens (tertiary/aromatic N) is 1. The Hall–Kier alpha value is -4.00. The maximum atomic E-state index is 13.7. The first-order chi connectivity index (χ1) is 19.8. The van der Waals surface area contributed by atoms with Crippen LogP contribution in [0, 0.1) is 23.7 Å². The lowest BCUT2D eigenvalue weighted by molar-refractivity contribution is -0.123. The molecule has 212 valence electrons. The molecule has 41 heavy (non-hydrogen) atoms. The van der Waals surface area contributed by atoms with Crippen LogP contribution in [0.4, 0.5) is 5.69 Å². The van der Waals surface area contributed by atoms with Crippen LogP contribution < -0.4 is 4.90 Å². The van der Waals surface area contributed by atoms with Crippen molar-refractivity contribution in [3.8, 4) is 5.75 Å². The fraction of sp³-hybridized carbons (Fsp3) is 0.314. The lowest BCUT2D eigenvalue weighted by Gasteiger charge is -2.38. The van der Waals surface area contributed by atoms with Gasteiger partial charge >= 0.3 is 0 Å². The van der Waals surface area contributed by atoms with Crippen LogP contribution in [-0.2, 0) is 9.59 Å². The van der Waals surface area contributed by atoms with E-state index in [9.17, 15) is 24.9 Å². The normalized spacial score (nSPS) is 21.9. The van der Waals surface area contributed by atoms with Crippen molar-refractivity contribution in [3.63, 3.8) is 0 Å². The van der Waals surface area contributed by atoms with E-state index in [1.807, 2.05) is 62.4 Å². The van der Waals surface area contributed by atoms with Gasteiger partial charge in [-0.3, -0.25) is 14.5 Å². The number of aliphatic hydroxyl groups excluding tert-OH is 2. The number of phenols is 1. The number of aliphatic hydroxyl groups is 2. The average molecular weight is 552 g/mol. The second-order valence-corrected chi connectivity index (χ2v) is 11.3. The molecule has 0 radical (unpaired) electrons. The Labute approximate surface area is 241 Å². The van der Waals surface area contributed by atoms with Gasteiger partial charge in [-0.1, -0.05) is 86.2 Å². The van der Waals surface area contributed by atoms with E-state index < -0.39 is 23.9 Å². The predicted octanol–water partition coefficient (Wildman–Crippen LogP) is 5.84. The minimum Gasteiger partial charge on any atom is -0.508 e. The van der Waals surface area contributed by atoms with Crippen molar-refractivity contribution in [2.75, 3.05) is 11.5 Å². The number of amides is 2. The summed E-state index contributed by atoms with van der Waals surface area (Å²) in [5.74, 6) is -2.20. The fourth-order valence-corrected chi connectivity index (χ4v) is 6.45. The molecule has 3 N–H and O–H groups in total. The molecule has 0 aromatic heterocycles. The number of carbonyl (C=O) groups is 2. The molecule has 1 fully saturated rings. The molecular formula is C35H37NO5. The molecule has 1 aliphatic heterocycles. The number of imide groups is 1. The van der Waals surface area contributed by atoms with E-state index in [1.165, 1.54) is 4.90 Å². The molecule has 1 saturated heterocycles. The van der Waals surface area contributed by atoms with Crippen LogP contribution in [0.5, 0.6) is 5.75 Å². The number of fused-ring (bicyclic) bond motifs is 1. The lowest BCUT2D eigenvalue weighted by Crippen LogP contribution is -2.39. The Kier molecular flexibility index (Phi) is 8.52. The van der Waals surface area contributed by atoms with Gasteiger partial charge in [0.1, 0.15) is 5.75 Å². The van der Waals surface area contributed by atoms with Crippen LogP contribution in [-0.4, -0.2) is 39.8 Å². The van der Waals surface area contributed by atoms with Gasteiger partial charge < -0.3 is 15.3 Å². The lowest BCUT2D eigenvalue weighted by atomic mass is 9.66. The summed E-state index contributed by atoms with van der Waals surface area (Å²) in [6.07, 6.45) is 2.51. The molecule has 5 rings (SSSR count). The van der Waals surface area contributed by atoms with Crippen molar-refractivity contribution in [2.24, 2.45) is 23.7 Å². The van der Waals surface area contributed by atoms with Crippen LogP contribution >= 0.6 is 0 Å². The first-order valence-corrected chi connectivity index (χ1v) is 14.3. The van der Waals surface area contributed by atoms with Crippen molar-refractivity contribution in [2.45, 2.75) is 39.2 Å². The molecule has 2 aliphatic rings. The number of phenolic OH excluding ortho intramolecular Hbond substituents is 1. The third-order valence-electron chi connectivity index (χ3n) is 8.45. The quantitative estimate of drug-likeness (QED) is 0.176. The van der Waals surface area contributed by atoms with Crippen LogP contribution in [0.25, 0.3) is 11.6 Å². The number of hydrogen-bond donors (Lipinski definition) is 3. The first-order valence-electron chi connectivity index (χ1n) is 14.3. The highest BCUT2D eigenvalue weighted by molar-refractivity contribution is 6.22. The maximum absolute atomic E-state index is 13.7. The highest BCUT2D eigenvalue weighted by Gasteiger charge is 2.55. The summed E-state index contributed by atoms with van der Waals surface area (Å²) in [6, 6.07) is 25.9. The van der Waals surface area contributed by atoms with Crippen molar-refractivity contribution in [1.29, 1.82) is 0 Å². The van der Waals surface area contributed by atoms with Gasteiger partial charge in [0.05, 0.1) is 30.2 Å². The van der Waals surface area contributed by atoms with E-state index in [-0.39, 0.29) is 30.1 Å². The van der Waals surface area contributed by atoms with E-state index in [1.54, 1.807) is 36.4 Å². The third-order valence-corrected chi connectivity index (χ3v) is 8.45. The molecule has 1 aliphatic carbocycles. The predicted molar refractivity (Wildman–Crippen MR) is 161 cm³/mol. The van der Waals surface area contributed by atoms with Gasteiger partial charge in [-0.2, -0.15) is 0 Å². The van der Waals surface area contributed by atoms with Crippen molar-refractivity contribution < 1.29 is 24.9 Å². The van der Waals surface area contributed by atoms with Gasteiger partial charge in [0, 0.05) is 5.92 Å². The fourth-order valence-electron chi connectivity index (χ4n) is 6.45. The first kappa shape index (κ1) is 28.5. The number of rotatable bonds is 9. The molecule has 3 aromatic carbocycles. The van der Waals surface area contributed by atoms with E-state index in [0.717, 1.165) is 22.3 Å². The Morgan fingerprint density at radius 1 is 0.927 bits per heavy atom. The van der Waals surface area contributed by atoms with Crippen molar-refractivity contribution in [3.05, 3.63) is 107 Å². The molecule has 4 atom stereocenters. The summed E-state index contributed by atoms with van der Waals surface area (Å²) in [5.41, 5.74) is 5.19. The second kappa shape index (κ2) is 12.2. The van der Waals surface area contributed by atoms with E-state index in [4.69, 9.17) is 0 Å². The number of benzene rings is 3. The number of anilines is 1. The highest BCUT2D eigenvalue weighted by atomic mass is 16.3. The minimum absolute atomic E-state index is 0.0458. The number of allylic oxidation sites excluding steroid dienone is 2. The minimum atomic E-state index is -0.883. The topological polar surface area (TPSA) is 98.1 Å². The smallest absolute Gasteiger partial charge is 0.238 e. The van der Waals surface area contributed by atoms with Gasteiger partial charge in [0.25, 0.3) is 0 Å². The summed E-state index contributed by atoms with van der Waals surface area (Å²) < 4.78 is 0. The number of para-hydroxylation sites is 1. The second-order valence-electron chi connectivity index (χ2n) is 11.3. The van der Waals surface area contributed by atoms with Gasteiger partial charge in [0.2, 0.25) is 11.8 Å². The SMILES string of the molecule is CC(C)C1=C([C@H](O)CC/C(=C/c2ccc(O)cc2)c2ccccc2)[C@H](CO)[C@@H]2C(=O)N(c3ccccc3)C(=O)[C@@H]2C1. The Balaban J connectivity index is 1.45. The summed E-state index contributed by atoms with van der Waals surface area (Å²) in [6.45, 7) is 3.75. The standard InChI is InChI=1S/C35H37NO5/c1-22(2)28-20-29-33(35(41)36(34(29)40)26-11-7-4-8-12-26)30(21-37)32(28)31(39)18-15-25(24-9-5-3-6-10-24)19-23-13-16-27(38)17-14-23/h3-14,16-17,19,22,29-31,33,37-39H,15,18,20-21H2,1-2H3/b25-19-/t29-,30+,31-,33-/m1/s1. The van der Waals surface area contributed by atoms with Gasteiger partial charge in [-0.15, -0.1) is 0 Å².